The highest BCUT2D eigenvalue weighted by molar-refractivity contribution is 6.50. The largest absolute Gasteiger partial charge is 0.673 e. The zero-order valence-electron chi connectivity index (χ0n) is 8.66. The van der Waals surface area contributed by atoms with E-state index in [1.54, 1.807) is 6.08 Å². The quantitative estimate of drug-likeness (QED) is 0.231. The van der Waals surface area contributed by atoms with E-state index in [1.807, 2.05) is 0 Å². The molecule has 1 heterocycles. The summed E-state index contributed by atoms with van der Waals surface area (Å²) < 4.78 is 39.0. The highest BCUT2D eigenvalue weighted by Crippen LogP contribution is 2.21. The molecule has 1 aliphatic carbocycles. The van der Waals surface area contributed by atoms with Crippen LogP contribution in [-0.2, 0) is 9.59 Å². The second kappa shape index (κ2) is 4.97. The van der Waals surface area contributed by atoms with E-state index in [9.17, 15) is 26.9 Å². The van der Waals surface area contributed by atoms with Crippen molar-refractivity contribution in [2.24, 2.45) is 0 Å². The number of hydrogen-bond donors (Lipinski definition) is 1. The molecule has 0 aromatic carbocycles. The molecule has 0 aromatic heterocycles. The van der Waals surface area contributed by atoms with Gasteiger partial charge in [-0.2, -0.15) is 4.79 Å². The zero-order valence-corrected chi connectivity index (χ0v) is 8.66. The molecule has 0 bridgehead atoms. The van der Waals surface area contributed by atoms with Gasteiger partial charge in [0.2, 0.25) is 0 Å². The Labute approximate surface area is 97.9 Å². The molecule has 0 spiro atoms. The maximum Gasteiger partial charge on any atom is 0.673 e. The molecule has 0 unspecified atom stereocenters. The fourth-order valence-corrected chi connectivity index (χ4v) is 1.33. The van der Waals surface area contributed by atoms with Crippen LogP contribution in [-0.4, -0.2) is 29.6 Å². The average Bonchev–Trinajstić information content (AvgIpc) is 2.52. The summed E-state index contributed by atoms with van der Waals surface area (Å²) in [5, 5.41) is 2.15. The minimum atomic E-state index is -6.00. The fraction of sp³-hybridized carbons (Fsp3) is 0.125. The van der Waals surface area contributed by atoms with E-state index in [4.69, 9.17) is 5.53 Å². The number of carbonyl (C=O) groups is 2. The van der Waals surface area contributed by atoms with Gasteiger partial charge in [0.1, 0.15) is 0 Å². The van der Waals surface area contributed by atoms with Crippen molar-refractivity contribution >= 4 is 24.8 Å². The van der Waals surface area contributed by atoms with E-state index in [2.05, 4.69) is 10.1 Å². The summed E-state index contributed by atoms with van der Waals surface area (Å²) in [5.41, 5.74) is 9.49. The number of carbonyl (C=O) groups excluding carboxylic acids is 2. The van der Waals surface area contributed by atoms with Gasteiger partial charge in [0.05, 0.1) is 12.0 Å². The Hall–Kier alpha value is -2.22. The fourth-order valence-electron chi connectivity index (χ4n) is 1.33. The first kappa shape index (κ1) is 13.8. The average molecular weight is 262 g/mol. The molecule has 5 nitrogen and oxygen atoms in total. The molecule has 0 saturated carbocycles. The topological polar surface area (TPSA) is 82.6 Å². The van der Waals surface area contributed by atoms with E-state index < -0.39 is 13.2 Å². The molecule has 1 fully saturated rings. The Kier molecular flexibility index (Phi) is 3.82. The summed E-state index contributed by atoms with van der Waals surface area (Å²) in [6.07, 6.45) is 3.36. The lowest BCUT2D eigenvalue weighted by molar-refractivity contribution is -0.123. The van der Waals surface area contributed by atoms with E-state index in [1.165, 1.54) is 6.08 Å². The second-order valence-corrected chi connectivity index (χ2v) is 3.25. The Bertz CT molecular complexity index is 511. The molecule has 2 aliphatic rings. The molecule has 2 amide bonds. The van der Waals surface area contributed by atoms with Gasteiger partial charge in [0.25, 0.3) is 17.5 Å². The van der Waals surface area contributed by atoms with Crippen molar-refractivity contribution in [3.05, 3.63) is 28.8 Å². The van der Waals surface area contributed by atoms with Gasteiger partial charge in [-0.15, -0.1) is 0 Å². The molecular weight excluding hydrogens is 257 g/mol. The molecule has 1 aliphatic heterocycles. The predicted octanol–water partition coefficient (Wildman–Crippen LogP) is 0.870. The third kappa shape index (κ3) is 3.67. The number of hydrogen-bond acceptors (Lipinski definition) is 2. The van der Waals surface area contributed by atoms with Crippen molar-refractivity contribution in [1.82, 2.24) is 5.32 Å². The minimum absolute atomic E-state index is 0.282. The van der Waals surface area contributed by atoms with Gasteiger partial charge < -0.3 is 22.8 Å². The van der Waals surface area contributed by atoms with E-state index in [0.717, 1.165) is 0 Å². The summed E-state index contributed by atoms with van der Waals surface area (Å²) in [6, 6.07) is 0. The molecule has 0 aromatic rings. The Balaban J connectivity index is 0.000000280. The van der Waals surface area contributed by atoms with Gasteiger partial charge in [-0.05, 0) is 0 Å². The molecular formula is C8H5BF4N3O2-. The lowest BCUT2D eigenvalue weighted by Crippen LogP contribution is -2.19. The van der Waals surface area contributed by atoms with E-state index >= 15 is 0 Å². The van der Waals surface area contributed by atoms with E-state index in [-0.39, 0.29) is 11.5 Å². The molecule has 1 N–H and O–H groups in total. The number of nitrogens with zero attached hydrogens (tertiary/aromatic N) is 2. The van der Waals surface area contributed by atoms with Crippen molar-refractivity contribution < 1.29 is 31.6 Å². The number of imide groups is 1. The minimum Gasteiger partial charge on any atom is -0.418 e. The molecule has 2 rings (SSSR count). The van der Waals surface area contributed by atoms with Gasteiger partial charge in [0, 0.05) is 11.6 Å². The number of allylic oxidation sites excluding steroid dienone is 2. The van der Waals surface area contributed by atoms with Crippen LogP contribution >= 0.6 is 0 Å². The molecule has 96 valence electrons. The molecule has 10 heteroatoms. The summed E-state index contributed by atoms with van der Waals surface area (Å²) in [5.74, 6) is -0.815. The van der Waals surface area contributed by atoms with Crippen molar-refractivity contribution in [1.29, 1.82) is 0 Å². The summed E-state index contributed by atoms with van der Waals surface area (Å²) in [7, 11) is -6.00. The first-order valence-corrected chi connectivity index (χ1v) is 4.58. The van der Waals surface area contributed by atoms with Crippen LogP contribution in [0.1, 0.15) is 6.42 Å². The van der Waals surface area contributed by atoms with Crippen molar-refractivity contribution in [3.63, 3.8) is 0 Å². The highest BCUT2D eigenvalue weighted by Gasteiger charge is 2.33. The number of halogens is 4. The van der Waals surface area contributed by atoms with Crippen molar-refractivity contribution in [2.75, 3.05) is 0 Å². The first-order valence-electron chi connectivity index (χ1n) is 4.58. The number of fused-ring (bicyclic) bond motifs is 1. The smallest absolute Gasteiger partial charge is 0.418 e. The van der Waals surface area contributed by atoms with Crippen molar-refractivity contribution in [3.8, 4) is 0 Å². The van der Waals surface area contributed by atoms with Crippen LogP contribution in [0.4, 0.5) is 17.3 Å². The van der Waals surface area contributed by atoms with Gasteiger partial charge in [-0.3, -0.25) is 14.9 Å². The van der Waals surface area contributed by atoms with Crippen LogP contribution in [0.5, 0.6) is 0 Å². The lowest BCUT2D eigenvalue weighted by Gasteiger charge is -1.98. The highest BCUT2D eigenvalue weighted by atomic mass is 19.5. The number of rotatable bonds is 0. The standard InChI is InChI=1S/C8H5N3O2.BF4/c9-11-4-1-2-5-6(3-4)8(13)10-7(5)12;2-1(3,4)5/h2-3H,1H2,(H,10,12,13);/q;-1. The maximum absolute atomic E-state index is 11.1. The number of nitrogens with one attached hydrogen (secondary N) is 1. The molecule has 0 radical (unpaired) electrons. The number of amides is 2. The normalized spacial score (nSPS) is 17.9. The monoisotopic (exact) mass is 262 g/mol. The molecule has 1 saturated heterocycles. The van der Waals surface area contributed by atoms with Crippen LogP contribution in [0.15, 0.2) is 23.3 Å². The predicted molar refractivity (Wildman–Crippen MR) is 52.7 cm³/mol. The SMILES string of the molecule is F[B-](F)(F)F.[N-]=[N+]=C1C=C2C(=O)NC(=O)C2=CC1. The first-order chi connectivity index (χ1) is 8.22. The zero-order chi connectivity index (χ0) is 13.9. The Morgan fingerprint density at radius 1 is 1.17 bits per heavy atom. The van der Waals surface area contributed by atoms with Crippen LogP contribution in [0.2, 0.25) is 0 Å². The van der Waals surface area contributed by atoms with Gasteiger partial charge in [-0.25, -0.2) is 0 Å². The summed E-state index contributed by atoms with van der Waals surface area (Å²) >= 11 is 0. The third-order valence-electron chi connectivity index (χ3n) is 1.96. The Morgan fingerprint density at radius 2 is 1.67 bits per heavy atom. The Morgan fingerprint density at radius 3 is 2.17 bits per heavy atom. The second-order valence-electron chi connectivity index (χ2n) is 3.25. The molecule has 0 atom stereocenters. The van der Waals surface area contributed by atoms with Crippen LogP contribution in [0.25, 0.3) is 5.53 Å². The van der Waals surface area contributed by atoms with Gasteiger partial charge in [0.15, 0.2) is 0 Å². The summed E-state index contributed by atoms with van der Waals surface area (Å²) in [4.78, 5) is 25.1. The van der Waals surface area contributed by atoms with Crippen LogP contribution in [0, 0.1) is 0 Å². The molecule has 18 heavy (non-hydrogen) atoms. The van der Waals surface area contributed by atoms with Crippen molar-refractivity contribution in [2.45, 2.75) is 6.42 Å². The van der Waals surface area contributed by atoms with Gasteiger partial charge >= 0.3 is 7.25 Å². The lowest BCUT2D eigenvalue weighted by atomic mass is 9.99. The van der Waals surface area contributed by atoms with Crippen LogP contribution in [0.3, 0.4) is 0 Å². The maximum atomic E-state index is 11.1. The van der Waals surface area contributed by atoms with E-state index in [0.29, 0.717) is 17.7 Å². The third-order valence-corrected chi connectivity index (χ3v) is 1.96. The van der Waals surface area contributed by atoms with Crippen LogP contribution < -0.4 is 5.32 Å². The summed E-state index contributed by atoms with van der Waals surface area (Å²) in [6.45, 7) is 0. The van der Waals surface area contributed by atoms with Gasteiger partial charge in [-0.1, -0.05) is 6.08 Å².